The number of aliphatic hydroxyl groups is 1. The minimum atomic E-state index is -0.180. The molecule has 0 saturated heterocycles. The smallest absolute Gasteiger partial charge is 0.0755 e. The van der Waals surface area contributed by atoms with Crippen molar-refractivity contribution in [3.05, 3.63) is 59.8 Å². The lowest BCUT2D eigenvalue weighted by atomic mass is 9.87. The normalized spacial score (nSPS) is 19.3. The number of nitrogens with zero attached hydrogens (tertiary/aromatic N) is 1. The second-order valence-electron chi connectivity index (χ2n) is 6.63. The van der Waals surface area contributed by atoms with Crippen molar-refractivity contribution in [2.24, 2.45) is 0 Å². The summed E-state index contributed by atoms with van der Waals surface area (Å²) in [5.74, 6) is 0. The standard InChI is InChI=1S/C20H22N2O/c1-14-15-8-3-5-10-17(15)22-18-11-6-4-9-16(18)21-20(2,19(14)22)12-7-13-23/h3-6,8-11,21,23H,7,12-13H2,1-2H3. The van der Waals surface area contributed by atoms with Crippen LogP contribution < -0.4 is 5.32 Å². The van der Waals surface area contributed by atoms with Gasteiger partial charge in [-0.05, 0) is 50.5 Å². The molecule has 118 valence electrons. The van der Waals surface area contributed by atoms with Gasteiger partial charge in [0.05, 0.1) is 28.1 Å². The Balaban J connectivity index is 2.07. The number of aromatic nitrogens is 1. The number of aliphatic hydroxyl groups excluding tert-OH is 1. The summed E-state index contributed by atoms with van der Waals surface area (Å²) in [5.41, 5.74) is 6.06. The number of aryl methyl sites for hydroxylation is 1. The lowest BCUT2D eigenvalue weighted by molar-refractivity contribution is 0.268. The highest BCUT2D eigenvalue weighted by molar-refractivity contribution is 5.90. The largest absolute Gasteiger partial charge is 0.396 e. The Kier molecular flexibility index (Phi) is 3.20. The summed E-state index contributed by atoms with van der Waals surface area (Å²) in [6.45, 7) is 4.68. The summed E-state index contributed by atoms with van der Waals surface area (Å²) in [5, 5.41) is 14.4. The molecule has 0 radical (unpaired) electrons. The van der Waals surface area contributed by atoms with Crippen LogP contribution in [0.2, 0.25) is 0 Å². The highest BCUT2D eigenvalue weighted by Gasteiger charge is 2.37. The van der Waals surface area contributed by atoms with E-state index in [-0.39, 0.29) is 12.1 Å². The van der Waals surface area contributed by atoms with Crippen molar-refractivity contribution in [2.45, 2.75) is 32.2 Å². The first-order valence-corrected chi connectivity index (χ1v) is 8.25. The van der Waals surface area contributed by atoms with Crippen LogP contribution in [0.5, 0.6) is 0 Å². The van der Waals surface area contributed by atoms with E-state index in [0.717, 1.165) is 18.5 Å². The van der Waals surface area contributed by atoms with E-state index in [4.69, 9.17) is 0 Å². The minimum Gasteiger partial charge on any atom is -0.396 e. The maximum absolute atomic E-state index is 9.33. The number of benzene rings is 2. The number of hydrogen-bond acceptors (Lipinski definition) is 2. The average Bonchev–Trinajstić information content (AvgIpc) is 2.88. The fraction of sp³-hybridized carbons (Fsp3) is 0.300. The van der Waals surface area contributed by atoms with Crippen molar-refractivity contribution >= 4 is 16.6 Å². The van der Waals surface area contributed by atoms with E-state index >= 15 is 0 Å². The maximum atomic E-state index is 9.33. The molecular formula is C20H22N2O. The molecule has 1 atom stereocenters. The summed E-state index contributed by atoms with van der Waals surface area (Å²) >= 11 is 0. The van der Waals surface area contributed by atoms with E-state index in [1.165, 1.54) is 27.8 Å². The van der Waals surface area contributed by atoms with Crippen molar-refractivity contribution in [3.8, 4) is 5.69 Å². The number of anilines is 1. The lowest BCUT2D eigenvalue weighted by Gasteiger charge is -2.39. The SMILES string of the molecule is Cc1c2n(c3ccccc13)-c1ccccc1NC2(C)CCCO. The van der Waals surface area contributed by atoms with Crippen LogP contribution in [-0.4, -0.2) is 16.3 Å². The molecule has 3 aromatic rings. The molecule has 0 amide bonds. The quantitative estimate of drug-likeness (QED) is 0.755. The zero-order valence-corrected chi connectivity index (χ0v) is 13.6. The van der Waals surface area contributed by atoms with E-state index in [9.17, 15) is 5.11 Å². The topological polar surface area (TPSA) is 37.2 Å². The maximum Gasteiger partial charge on any atom is 0.0755 e. The molecule has 0 bridgehead atoms. The van der Waals surface area contributed by atoms with Gasteiger partial charge < -0.3 is 15.0 Å². The molecule has 4 rings (SSSR count). The summed E-state index contributed by atoms with van der Waals surface area (Å²) in [6, 6.07) is 17.1. The molecule has 3 heteroatoms. The third kappa shape index (κ3) is 2.00. The molecule has 23 heavy (non-hydrogen) atoms. The van der Waals surface area contributed by atoms with Gasteiger partial charge in [-0.15, -0.1) is 0 Å². The summed E-state index contributed by atoms with van der Waals surface area (Å²) in [7, 11) is 0. The Morgan fingerprint density at radius 2 is 1.83 bits per heavy atom. The fourth-order valence-corrected chi connectivity index (χ4v) is 4.06. The van der Waals surface area contributed by atoms with Gasteiger partial charge in [-0.25, -0.2) is 0 Å². The highest BCUT2D eigenvalue weighted by atomic mass is 16.2. The summed E-state index contributed by atoms with van der Waals surface area (Å²) < 4.78 is 2.40. The second kappa shape index (κ2) is 5.14. The molecule has 3 nitrogen and oxygen atoms in total. The third-order valence-corrected chi connectivity index (χ3v) is 5.04. The molecule has 0 saturated carbocycles. The van der Waals surface area contributed by atoms with Crippen LogP contribution in [-0.2, 0) is 5.54 Å². The fourth-order valence-electron chi connectivity index (χ4n) is 4.06. The Labute approximate surface area is 136 Å². The van der Waals surface area contributed by atoms with Crippen molar-refractivity contribution in [3.63, 3.8) is 0 Å². The van der Waals surface area contributed by atoms with Crippen LogP contribution in [0.1, 0.15) is 31.0 Å². The molecule has 0 fully saturated rings. The van der Waals surface area contributed by atoms with Crippen molar-refractivity contribution in [1.82, 2.24) is 4.57 Å². The Morgan fingerprint density at radius 1 is 1.09 bits per heavy atom. The Hall–Kier alpha value is -2.26. The van der Waals surface area contributed by atoms with Gasteiger partial charge in [0, 0.05) is 12.0 Å². The number of rotatable bonds is 3. The van der Waals surface area contributed by atoms with Gasteiger partial charge in [0.2, 0.25) is 0 Å². The molecule has 1 unspecified atom stereocenters. The highest BCUT2D eigenvalue weighted by Crippen LogP contribution is 2.45. The Bertz CT molecular complexity index is 880. The molecular weight excluding hydrogens is 284 g/mol. The first-order valence-electron chi connectivity index (χ1n) is 8.25. The van der Waals surface area contributed by atoms with Gasteiger partial charge in [0.25, 0.3) is 0 Å². The zero-order chi connectivity index (χ0) is 16.0. The van der Waals surface area contributed by atoms with Crippen LogP contribution in [0, 0.1) is 6.92 Å². The van der Waals surface area contributed by atoms with Crippen LogP contribution in [0.3, 0.4) is 0 Å². The molecule has 0 aliphatic carbocycles. The van der Waals surface area contributed by atoms with Crippen LogP contribution in [0.15, 0.2) is 48.5 Å². The monoisotopic (exact) mass is 306 g/mol. The third-order valence-electron chi connectivity index (χ3n) is 5.04. The number of hydrogen-bond donors (Lipinski definition) is 2. The number of fused-ring (bicyclic) bond motifs is 5. The van der Waals surface area contributed by atoms with Crippen molar-refractivity contribution in [2.75, 3.05) is 11.9 Å². The second-order valence-corrected chi connectivity index (χ2v) is 6.63. The van der Waals surface area contributed by atoms with Crippen LogP contribution in [0.4, 0.5) is 5.69 Å². The summed E-state index contributed by atoms with van der Waals surface area (Å²) in [4.78, 5) is 0. The van der Waals surface area contributed by atoms with E-state index in [2.05, 4.69) is 72.3 Å². The first kappa shape index (κ1) is 14.3. The predicted octanol–water partition coefficient (Wildman–Crippen LogP) is 4.35. The molecule has 2 heterocycles. The van der Waals surface area contributed by atoms with Gasteiger partial charge in [0.1, 0.15) is 0 Å². The molecule has 2 aromatic carbocycles. The van der Waals surface area contributed by atoms with Gasteiger partial charge in [0.15, 0.2) is 0 Å². The molecule has 2 N–H and O–H groups in total. The van der Waals surface area contributed by atoms with Crippen LogP contribution >= 0.6 is 0 Å². The van der Waals surface area contributed by atoms with E-state index in [1.807, 2.05) is 0 Å². The van der Waals surface area contributed by atoms with Crippen molar-refractivity contribution in [1.29, 1.82) is 0 Å². The van der Waals surface area contributed by atoms with E-state index < -0.39 is 0 Å². The van der Waals surface area contributed by atoms with Gasteiger partial charge in [-0.1, -0.05) is 30.3 Å². The van der Waals surface area contributed by atoms with E-state index in [1.54, 1.807) is 0 Å². The average molecular weight is 306 g/mol. The van der Waals surface area contributed by atoms with Crippen molar-refractivity contribution < 1.29 is 5.11 Å². The molecule has 0 spiro atoms. The summed E-state index contributed by atoms with van der Waals surface area (Å²) in [6.07, 6.45) is 1.68. The Morgan fingerprint density at radius 3 is 2.65 bits per heavy atom. The minimum absolute atomic E-state index is 0.180. The van der Waals surface area contributed by atoms with Gasteiger partial charge in [-0.2, -0.15) is 0 Å². The van der Waals surface area contributed by atoms with Gasteiger partial charge in [-0.3, -0.25) is 0 Å². The zero-order valence-electron chi connectivity index (χ0n) is 13.6. The predicted molar refractivity (Wildman–Crippen MR) is 95.3 cm³/mol. The van der Waals surface area contributed by atoms with E-state index in [0.29, 0.717) is 0 Å². The molecule has 1 aliphatic rings. The number of nitrogens with one attached hydrogen (secondary N) is 1. The number of para-hydroxylation sites is 3. The van der Waals surface area contributed by atoms with Gasteiger partial charge >= 0.3 is 0 Å². The first-order chi connectivity index (χ1) is 11.2. The molecule has 1 aromatic heterocycles. The lowest BCUT2D eigenvalue weighted by Crippen LogP contribution is -2.38. The van der Waals surface area contributed by atoms with Crippen LogP contribution in [0.25, 0.3) is 16.6 Å². The molecule has 1 aliphatic heterocycles.